The third-order valence-corrected chi connectivity index (χ3v) is 5.28. The van der Waals surface area contributed by atoms with Gasteiger partial charge in [0.1, 0.15) is 11.0 Å². The van der Waals surface area contributed by atoms with Gasteiger partial charge in [-0.05, 0) is 55.7 Å². The molecule has 0 aliphatic carbocycles. The molecule has 0 bridgehead atoms. The third kappa shape index (κ3) is 3.45. The Labute approximate surface area is 154 Å². The predicted molar refractivity (Wildman–Crippen MR) is 103 cm³/mol. The molecule has 5 nitrogen and oxygen atoms in total. The molecule has 0 spiro atoms. The number of aromatic nitrogens is 2. The van der Waals surface area contributed by atoms with Crippen molar-refractivity contribution in [3.05, 3.63) is 47.0 Å². The molecule has 0 atom stereocenters. The maximum Gasteiger partial charge on any atom is 0.255 e. The molecule has 1 fully saturated rings. The van der Waals surface area contributed by atoms with Crippen molar-refractivity contribution >= 4 is 51.6 Å². The summed E-state index contributed by atoms with van der Waals surface area (Å²) in [7, 11) is 0. The number of anilines is 2. The number of nitrogens with one attached hydrogen (secondary N) is 1. The van der Waals surface area contributed by atoms with Crippen LogP contribution in [0.15, 0.2) is 36.4 Å². The van der Waals surface area contributed by atoms with E-state index in [1.807, 2.05) is 18.2 Å². The molecular weight excluding hydrogens is 356 g/mol. The van der Waals surface area contributed by atoms with Gasteiger partial charge in [-0.1, -0.05) is 11.6 Å². The molecule has 7 heteroatoms. The third-order valence-electron chi connectivity index (χ3n) is 4.42. The molecule has 1 aliphatic heterocycles. The number of fused-ring (bicyclic) bond motifs is 1. The summed E-state index contributed by atoms with van der Waals surface area (Å²) in [6.45, 7) is 2.07. The Hall–Kier alpha value is -2.18. The summed E-state index contributed by atoms with van der Waals surface area (Å²) in [6.07, 6.45) is 3.67. The zero-order valence-electron chi connectivity index (χ0n) is 13.5. The van der Waals surface area contributed by atoms with Crippen LogP contribution in [-0.4, -0.2) is 27.7 Å². The van der Waals surface area contributed by atoms with E-state index in [1.165, 1.54) is 19.3 Å². The van der Waals surface area contributed by atoms with Crippen molar-refractivity contribution in [3.8, 4) is 0 Å². The molecule has 2 aromatic carbocycles. The highest BCUT2D eigenvalue weighted by atomic mass is 35.5. The number of hydrogen-bond donors (Lipinski definition) is 1. The molecule has 128 valence electrons. The number of halogens is 1. The molecule has 1 saturated heterocycles. The summed E-state index contributed by atoms with van der Waals surface area (Å²) in [5.41, 5.74) is 3.81. The van der Waals surface area contributed by atoms with Crippen molar-refractivity contribution in [2.75, 3.05) is 23.3 Å². The summed E-state index contributed by atoms with van der Waals surface area (Å²) in [4.78, 5) is 14.8. The van der Waals surface area contributed by atoms with Crippen LogP contribution in [0.25, 0.3) is 11.0 Å². The topological polar surface area (TPSA) is 58.1 Å². The van der Waals surface area contributed by atoms with E-state index in [0.29, 0.717) is 16.3 Å². The lowest BCUT2D eigenvalue weighted by Crippen LogP contribution is -2.29. The number of nitrogens with zero attached hydrogens (tertiary/aromatic N) is 3. The monoisotopic (exact) mass is 372 g/mol. The van der Waals surface area contributed by atoms with Gasteiger partial charge >= 0.3 is 0 Å². The molecule has 0 unspecified atom stereocenters. The minimum atomic E-state index is -0.184. The van der Waals surface area contributed by atoms with Gasteiger partial charge in [-0.25, -0.2) is 0 Å². The van der Waals surface area contributed by atoms with Crippen LogP contribution in [0.1, 0.15) is 29.6 Å². The smallest absolute Gasteiger partial charge is 0.255 e. The van der Waals surface area contributed by atoms with Crippen molar-refractivity contribution < 1.29 is 4.79 Å². The second-order valence-electron chi connectivity index (χ2n) is 6.14. The van der Waals surface area contributed by atoms with Crippen LogP contribution in [0.4, 0.5) is 11.4 Å². The first-order valence-electron chi connectivity index (χ1n) is 8.29. The van der Waals surface area contributed by atoms with Crippen LogP contribution in [0.3, 0.4) is 0 Å². The van der Waals surface area contributed by atoms with Crippen molar-refractivity contribution in [1.29, 1.82) is 0 Å². The van der Waals surface area contributed by atoms with E-state index in [9.17, 15) is 4.79 Å². The molecule has 25 heavy (non-hydrogen) atoms. The average Bonchev–Trinajstić information content (AvgIpc) is 3.10. The van der Waals surface area contributed by atoms with E-state index in [1.54, 1.807) is 18.2 Å². The van der Waals surface area contributed by atoms with Crippen LogP contribution in [0.5, 0.6) is 0 Å². The van der Waals surface area contributed by atoms with Crippen LogP contribution in [0, 0.1) is 0 Å². The normalized spacial score (nSPS) is 14.7. The Balaban J connectivity index is 1.51. The molecule has 3 aromatic rings. The Morgan fingerprint density at radius 1 is 1.04 bits per heavy atom. The van der Waals surface area contributed by atoms with Crippen molar-refractivity contribution in [2.24, 2.45) is 0 Å². The van der Waals surface area contributed by atoms with Gasteiger partial charge in [0, 0.05) is 24.3 Å². The fourth-order valence-electron chi connectivity index (χ4n) is 3.10. The minimum Gasteiger partial charge on any atom is -0.370 e. The zero-order chi connectivity index (χ0) is 17.2. The van der Waals surface area contributed by atoms with Gasteiger partial charge in [-0.15, -0.1) is 0 Å². The Kier molecular flexibility index (Phi) is 4.55. The summed E-state index contributed by atoms with van der Waals surface area (Å²) in [5, 5.41) is 3.56. The van der Waals surface area contributed by atoms with Gasteiger partial charge < -0.3 is 10.2 Å². The number of carbonyl (C=O) groups excluding carboxylic acids is 1. The van der Waals surface area contributed by atoms with E-state index in [4.69, 9.17) is 11.6 Å². The predicted octanol–water partition coefficient (Wildman–Crippen LogP) is 4.59. The van der Waals surface area contributed by atoms with Crippen LogP contribution in [-0.2, 0) is 0 Å². The first-order chi connectivity index (χ1) is 12.2. The number of amides is 1. The van der Waals surface area contributed by atoms with Gasteiger partial charge in [0.2, 0.25) is 0 Å². The van der Waals surface area contributed by atoms with E-state index in [0.717, 1.165) is 41.5 Å². The zero-order valence-corrected chi connectivity index (χ0v) is 15.1. The fraction of sp³-hybridized carbons (Fsp3) is 0.278. The lowest BCUT2D eigenvalue weighted by molar-refractivity contribution is 0.102. The van der Waals surface area contributed by atoms with Gasteiger partial charge in [0.15, 0.2) is 0 Å². The van der Waals surface area contributed by atoms with Crippen LogP contribution >= 0.6 is 23.3 Å². The van der Waals surface area contributed by atoms with Crippen LogP contribution in [0.2, 0.25) is 5.02 Å². The Morgan fingerprint density at radius 2 is 1.84 bits per heavy atom. The maximum absolute atomic E-state index is 12.5. The van der Waals surface area contributed by atoms with E-state index in [2.05, 4.69) is 19.0 Å². The van der Waals surface area contributed by atoms with Crippen molar-refractivity contribution in [1.82, 2.24) is 8.75 Å². The average molecular weight is 373 g/mol. The lowest BCUT2D eigenvalue weighted by Gasteiger charge is -2.29. The van der Waals surface area contributed by atoms with Gasteiger partial charge in [-0.3, -0.25) is 4.79 Å². The fourth-order valence-corrected chi connectivity index (χ4v) is 3.92. The summed E-state index contributed by atoms with van der Waals surface area (Å²) >= 11 is 7.59. The molecule has 0 saturated carbocycles. The standard InChI is InChI=1S/C18H17ClN4OS/c19-14-11-13(5-7-17(14)23-8-2-1-3-9-23)20-18(24)12-4-6-15-16(10-12)22-25-21-15/h4-7,10-11H,1-3,8-9H2,(H,20,24). The first kappa shape index (κ1) is 16.3. The van der Waals surface area contributed by atoms with Gasteiger partial charge in [0.05, 0.1) is 22.4 Å². The molecule has 1 N–H and O–H groups in total. The Morgan fingerprint density at radius 3 is 2.64 bits per heavy atom. The first-order valence-corrected chi connectivity index (χ1v) is 9.40. The second kappa shape index (κ2) is 6.98. The number of rotatable bonds is 3. The highest BCUT2D eigenvalue weighted by molar-refractivity contribution is 7.00. The van der Waals surface area contributed by atoms with Crippen molar-refractivity contribution in [2.45, 2.75) is 19.3 Å². The highest BCUT2D eigenvalue weighted by Gasteiger charge is 2.15. The van der Waals surface area contributed by atoms with Crippen LogP contribution < -0.4 is 10.2 Å². The largest absolute Gasteiger partial charge is 0.370 e. The maximum atomic E-state index is 12.5. The van der Waals surface area contributed by atoms with E-state index >= 15 is 0 Å². The number of piperidine rings is 1. The Bertz CT molecular complexity index is 920. The summed E-state index contributed by atoms with van der Waals surface area (Å²) in [5.74, 6) is -0.184. The minimum absolute atomic E-state index is 0.184. The van der Waals surface area contributed by atoms with Gasteiger partial charge in [-0.2, -0.15) is 8.75 Å². The molecule has 1 amide bonds. The van der Waals surface area contributed by atoms with E-state index in [-0.39, 0.29) is 5.91 Å². The molecule has 4 rings (SSSR count). The summed E-state index contributed by atoms with van der Waals surface area (Å²) in [6, 6.07) is 11.0. The van der Waals surface area contributed by atoms with Crippen molar-refractivity contribution in [3.63, 3.8) is 0 Å². The quantitative estimate of drug-likeness (QED) is 0.730. The summed E-state index contributed by atoms with van der Waals surface area (Å²) < 4.78 is 8.32. The molecule has 0 radical (unpaired) electrons. The molecular formula is C18H17ClN4OS. The number of carbonyl (C=O) groups is 1. The van der Waals surface area contributed by atoms with Gasteiger partial charge in [0.25, 0.3) is 5.91 Å². The molecule has 1 aliphatic rings. The SMILES string of the molecule is O=C(Nc1ccc(N2CCCCC2)c(Cl)c1)c1ccc2nsnc2c1. The second-order valence-corrected chi connectivity index (χ2v) is 7.07. The lowest BCUT2D eigenvalue weighted by atomic mass is 10.1. The number of hydrogen-bond acceptors (Lipinski definition) is 5. The van der Waals surface area contributed by atoms with E-state index < -0.39 is 0 Å². The molecule has 1 aromatic heterocycles. The molecule has 2 heterocycles. The number of benzene rings is 2. The highest BCUT2D eigenvalue weighted by Crippen LogP contribution is 2.31.